The van der Waals surface area contributed by atoms with Crippen molar-refractivity contribution in [2.75, 3.05) is 24.2 Å². The number of H-pyrrole nitrogens is 1. The molecule has 0 spiro atoms. The van der Waals surface area contributed by atoms with E-state index in [2.05, 4.69) is 25.5 Å². The number of aromatic amines is 1. The van der Waals surface area contributed by atoms with Crippen LogP contribution in [-0.4, -0.2) is 33.3 Å². The fraction of sp³-hybridized carbons (Fsp3) is 0.364. The first kappa shape index (κ1) is 12.2. The van der Waals surface area contributed by atoms with E-state index in [0.29, 0.717) is 24.7 Å². The van der Waals surface area contributed by atoms with Crippen molar-refractivity contribution in [1.29, 1.82) is 0 Å². The van der Waals surface area contributed by atoms with Crippen LogP contribution in [0.2, 0.25) is 0 Å². The molecule has 0 atom stereocenters. The quantitative estimate of drug-likeness (QED) is 0.700. The first-order chi connectivity index (χ1) is 8.79. The number of nitrogens with two attached hydrogens (primary N) is 1. The third kappa shape index (κ3) is 3.09. The second kappa shape index (κ2) is 5.85. The SMILES string of the molecule is CCOc1nc(NCCc2ncn[nH]2)ccc1N. The Bertz CT molecular complexity index is 484. The zero-order valence-electron chi connectivity index (χ0n) is 10.2. The highest BCUT2D eigenvalue weighted by atomic mass is 16.5. The topological polar surface area (TPSA) is 102 Å². The van der Waals surface area contributed by atoms with Gasteiger partial charge >= 0.3 is 0 Å². The first-order valence-corrected chi connectivity index (χ1v) is 5.77. The lowest BCUT2D eigenvalue weighted by Gasteiger charge is -2.09. The number of nitrogen functional groups attached to an aromatic ring is 1. The van der Waals surface area contributed by atoms with Gasteiger partial charge in [0.15, 0.2) is 0 Å². The van der Waals surface area contributed by atoms with Crippen LogP contribution in [-0.2, 0) is 6.42 Å². The van der Waals surface area contributed by atoms with Crippen molar-refractivity contribution in [3.63, 3.8) is 0 Å². The third-order valence-electron chi connectivity index (χ3n) is 2.30. The third-order valence-corrected chi connectivity index (χ3v) is 2.30. The lowest BCUT2D eigenvalue weighted by molar-refractivity contribution is 0.329. The Hall–Kier alpha value is -2.31. The van der Waals surface area contributed by atoms with Crippen molar-refractivity contribution in [1.82, 2.24) is 20.2 Å². The van der Waals surface area contributed by atoms with Crippen molar-refractivity contribution < 1.29 is 4.74 Å². The van der Waals surface area contributed by atoms with E-state index in [1.165, 1.54) is 6.33 Å². The van der Waals surface area contributed by atoms with Crippen LogP contribution in [0.4, 0.5) is 11.5 Å². The molecular weight excluding hydrogens is 232 g/mol. The number of rotatable bonds is 6. The first-order valence-electron chi connectivity index (χ1n) is 5.77. The molecule has 2 rings (SSSR count). The molecule has 4 N–H and O–H groups in total. The number of ether oxygens (including phenoxy) is 1. The Morgan fingerprint density at radius 1 is 1.44 bits per heavy atom. The lowest BCUT2D eigenvalue weighted by Crippen LogP contribution is -2.08. The van der Waals surface area contributed by atoms with Crippen molar-refractivity contribution in [3.8, 4) is 5.88 Å². The fourth-order valence-corrected chi connectivity index (χ4v) is 1.46. The number of aromatic nitrogens is 4. The minimum Gasteiger partial charge on any atom is -0.476 e. The van der Waals surface area contributed by atoms with Gasteiger partial charge in [-0.1, -0.05) is 0 Å². The second-order valence-electron chi connectivity index (χ2n) is 3.63. The average Bonchev–Trinajstić information content (AvgIpc) is 2.87. The molecule has 0 aliphatic heterocycles. The van der Waals surface area contributed by atoms with Crippen LogP contribution < -0.4 is 15.8 Å². The molecule has 96 valence electrons. The van der Waals surface area contributed by atoms with Gasteiger partial charge in [0.25, 0.3) is 0 Å². The van der Waals surface area contributed by atoms with Gasteiger partial charge < -0.3 is 15.8 Å². The standard InChI is InChI=1S/C11H16N6O/c1-2-18-11-8(12)3-4-9(16-11)13-6-5-10-14-7-15-17-10/h3-4,7H,2,5-6,12H2,1H3,(H,13,16)(H,14,15,17). The molecular formula is C11H16N6O. The highest BCUT2D eigenvalue weighted by Gasteiger charge is 2.03. The molecule has 18 heavy (non-hydrogen) atoms. The van der Waals surface area contributed by atoms with Gasteiger partial charge in [-0.25, -0.2) is 4.98 Å². The van der Waals surface area contributed by atoms with Crippen LogP contribution in [0.1, 0.15) is 12.7 Å². The molecule has 0 saturated heterocycles. The minimum atomic E-state index is 0.460. The summed E-state index contributed by atoms with van der Waals surface area (Å²) in [5.74, 6) is 2.03. The largest absolute Gasteiger partial charge is 0.476 e. The summed E-state index contributed by atoms with van der Waals surface area (Å²) in [6.45, 7) is 3.14. The van der Waals surface area contributed by atoms with E-state index in [1.807, 2.05) is 13.0 Å². The van der Waals surface area contributed by atoms with Gasteiger partial charge in [-0.3, -0.25) is 5.10 Å². The average molecular weight is 248 g/mol. The van der Waals surface area contributed by atoms with Gasteiger partial charge in [-0.15, -0.1) is 0 Å². The molecule has 0 aliphatic rings. The van der Waals surface area contributed by atoms with E-state index in [1.54, 1.807) is 6.07 Å². The molecule has 2 heterocycles. The van der Waals surface area contributed by atoms with Crippen LogP contribution in [0.3, 0.4) is 0 Å². The zero-order valence-corrected chi connectivity index (χ0v) is 10.2. The van der Waals surface area contributed by atoms with E-state index < -0.39 is 0 Å². The van der Waals surface area contributed by atoms with Gasteiger partial charge in [0.05, 0.1) is 12.3 Å². The van der Waals surface area contributed by atoms with Gasteiger partial charge in [-0.2, -0.15) is 10.1 Å². The molecule has 0 aromatic carbocycles. The van der Waals surface area contributed by atoms with E-state index in [9.17, 15) is 0 Å². The summed E-state index contributed by atoms with van der Waals surface area (Å²) < 4.78 is 5.32. The van der Waals surface area contributed by atoms with Crippen LogP contribution in [0, 0.1) is 0 Å². The molecule has 0 bridgehead atoms. The smallest absolute Gasteiger partial charge is 0.239 e. The number of hydrogen-bond donors (Lipinski definition) is 3. The summed E-state index contributed by atoms with van der Waals surface area (Å²) in [5.41, 5.74) is 6.28. The normalized spacial score (nSPS) is 10.3. The second-order valence-corrected chi connectivity index (χ2v) is 3.63. The van der Waals surface area contributed by atoms with Crippen LogP contribution in [0.5, 0.6) is 5.88 Å². The Morgan fingerprint density at radius 3 is 3.06 bits per heavy atom. The molecule has 7 nitrogen and oxygen atoms in total. The Labute approximate surface area is 105 Å². The maximum Gasteiger partial charge on any atom is 0.239 e. The number of hydrogen-bond acceptors (Lipinski definition) is 6. The Kier molecular flexibility index (Phi) is 3.95. The number of nitrogens with one attached hydrogen (secondary N) is 2. The van der Waals surface area contributed by atoms with Gasteiger partial charge in [-0.05, 0) is 19.1 Å². The van der Waals surface area contributed by atoms with Gasteiger partial charge in [0, 0.05) is 13.0 Å². The van der Waals surface area contributed by atoms with Crippen molar-refractivity contribution >= 4 is 11.5 Å². The van der Waals surface area contributed by atoms with Gasteiger partial charge in [0.1, 0.15) is 18.0 Å². The maximum absolute atomic E-state index is 5.74. The summed E-state index contributed by atoms with van der Waals surface area (Å²) in [6.07, 6.45) is 2.24. The van der Waals surface area contributed by atoms with Crippen molar-refractivity contribution in [3.05, 3.63) is 24.3 Å². The molecule has 0 aliphatic carbocycles. The molecule has 0 radical (unpaired) electrons. The highest BCUT2D eigenvalue weighted by Crippen LogP contribution is 2.20. The van der Waals surface area contributed by atoms with Gasteiger partial charge in [0.2, 0.25) is 5.88 Å². The Balaban J connectivity index is 1.90. The fourth-order valence-electron chi connectivity index (χ4n) is 1.46. The summed E-state index contributed by atoms with van der Waals surface area (Å²) >= 11 is 0. The predicted molar refractivity (Wildman–Crippen MR) is 68.4 cm³/mol. The van der Waals surface area contributed by atoms with Crippen LogP contribution >= 0.6 is 0 Å². The molecule has 2 aromatic rings. The van der Waals surface area contributed by atoms with Crippen molar-refractivity contribution in [2.24, 2.45) is 0 Å². The van der Waals surface area contributed by atoms with Crippen LogP contribution in [0.25, 0.3) is 0 Å². The summed E-state index contributed by atoms with van der Waals surface area (Å²) in [6, 6.07) is 3.59. The van der Waals surface area contributed by atoms with Crippen LogP contribution in [0.15, 0.2) is 18.5 Å². The molecule has 0 amide bonds. The molecule has 0 unspecified atom stereocenters. The highest BCUT2D eigenvalue weighted by molar-refractivity contribution is 5.53. The number of pyridine rings is 1. The molecule has 0 fully saturated rings. The number of anilines is 2. The van der Waals surface area contributed by atoms with E-state index in [0.717, 1.165) is 18.1 Å². The zero-order chi connectivity index (χ0) is 12.8. The summed E-state index contributed by atoms with van der Waals surface area (Å²) in [5, 5.41) is 9.75. The number of nitrogens with zero attached hydrogens (tertiary/aromatic N) is 3. The summed E-state index contributed by atoms with van der Waals surface area (Å²) in [4.78, 5) is 8.31. The monoisotopic (exact) mass is 248 g/mol. The molecule has 0 saturated carbocycles. The van der Waals surface area contributed by atoms with E-state index in [-0.39, 0.29) is 0 Å². The van der Waals surface area contributed by atoms with E-state index in [4.69, 9.17) is 10.5 Å². The minimum absolute atomic E-state index is 0.460. The maximum atomic E-state index is 5.74. The van der Waals surface area contributed by atoms with E-state index >= 15 is 0 Å². The lowest BCUT2D eigenvalue weighted by atomic mass is 10.3. The summed E-state index contributed by atoms with van der Waals surface area (Å²) in [7, 11) is 0. The molecule has 7 heteroatoms. The Morgan fingerprint density at radius 2 is 2.33 bits per heavy atom. The van der Waals surface area contributed by atoms with Crippen molar-refractivity contribution in [2.45, 2.75) is 13.3 Å². The predicted octanol–water partition coefficient (Wildman–Crippen LogP) is 0.835. The molecule has 2 aromatic heterocycles.